The van der Waals surface area contributed by atoms with Gasteiger partial charge < -0.3 is 11.1 Å². The van der Waals surface area contributed by atoms with Crippen molar-refractivity contribution in [2.24, 2.45) is 5.73 Å². The van der Waals surface area contributed by atoms with Gasteiger partial charge in [-0.1, -0.05) is 0 Å². The fourth-order valence-corrected chi connectivity index (χ4v) is 1.61. The van der Waals surface area contributed by atoms with Crippen LogP contribution in [0.1, 0.15) is 21.6 Å². The first kappa shape index (κ1) is 12.9. The minimum atomic E-state index is -0.665. The standard InChI is InChI=1S/C13H13FN4O/c1-8-11(14)4-9(13(15)19)5-12(8)18-7-10-6-16-2-3-17-10/h2-6,18H,7H2,1H3,(H2,15,19). The number of nitrogens with zero attached hydrogens (tertiary/aromatic N) is 2. The number of halogens is 1. The molecule has 0 saturated carbocycles. The number of benzene rings is 1. The lowest BCUT2D eigenvalue weighted by atomic mass is 10.1. The largest absolute Gasteiger partial charge is 0.379 e. The van der Waals surface area contributed by atoms with E-state index in [1.54, 1.807) is 25.5 Å². The molecule has 0 saturated heterocycles. The molecule has 0 fully saturated rings. The van der Waals surface area contributed by atoms with Crippen LogP contribution in [0.3, 0.4) is 0 Å². The van der Waals surface area contributed by atoms with Crippen molar-refractivity contribution in [3.8, 4) is 0 Å². The zero-order valence-electron chi connectivity index (χ0n) is 10.4. The van der Waals surface area contributed by atoms with E-state index >= 15 is 0 Å². The van der Waals surface area contributed by atoms with Crippen LogP contribution in [0.4, 0.5) is 10.1 Å². The number of anilines is 1. The number of carbonyl (C=O) groups excluding carboxylic acids is 1. The molecule has 0 spiro atoms. The normalized spacial score (nSPS) is 10.2. The predicted molar refractivity (Wildman–Crippen MR) is 69.0 cm³/mol. The summed E-state index contributed by atoms with van der Waals surface area (Å²) in [7, 11) is 0. The molecule has 0 aliphatic carbocycles. The molecule has 1 aromatic heterocycles. The van der Waals surface area contributed by atoms with Crippen LogP contribution in [0, 0.1) is 12.7 Å². The summed E-state index contributed by atoms with van der Waals surface area (Å²) < 4.78 is 13.7. The highest BCUT2D eigenvalue weighted by molar-refractivity contribution is 5.94. The number of nitrogens with one attached hydrogen (secondary N) is 1. The fraction of sp³-hybridized carbons (Fsp3) is 0.154. The summed E-state index contributed by atoms with van der Waals surface area (Å²) in [5.74, 6) is -1.14. The Kier molecular flexibility index (Phi) is 3.70. The molecule has 1 amide bonds. The third kappa shape index (κ3) is 3.04. The van der Waals surface area contributed by atoms with E-state index in [4.69, 9.17) is 5.73 Å². The summed E-state index contributed by atoms with van der Waals surface area (Å²) >= 11 is 0. The van der Waals surface area contributed by atoms with Gasteiger partial charge in [-0.3, -0.25) is 14.8 Å². The van der Waals surface area contributed by atoms with Crippen molar-refractivity contribution in [3.63, 3.8) is 0 Å². The van der Waals surface area contributed by atoms with Gasteiger partial charge in [0.2, 0.25) is 5.91 Å². The summed E-state index contributed by atoms with van der Waals surface area (Å²) in [5.41, 5.74) is 6.94. The number of aromatic nitrogens is 2. The molecule has 0 bridgehead atoms. The predicted octanol–water partition coefficient (Wildman–Crippen LogP) is 1.64. The highest BCUT2D eigenvalue weighted by Gasteiger charge is 2.10. The van der Waals surface area contributed by atoms with E-state index in [9.17, 15) is 9.18 Å². The summed E-state index contributed by atoms with van der Waals surface area (Å²) in [6.45, 7) is 2.01. The topological polar surface area (TPSA) is 80.9 Å². The minimum Gasteiger partial charge on any atom is -0.379 e. The number of carbonyl (C=O) groups is 1. The van der Waals surface area contributed by atoms with E-state index in [0.29, 0.717) is 23.5 Å². The summed E-state index contributed by atoms with van der Waals surface area (Å²) in [4.78, 5) is 19.1. The number of nitrogens with two attached hydrogens (primary N) is 1. The Hall–Kier alpha value is -2.50. The van der Waals surface area contributed by atoms with E-state index in [1.807, 2.05) is 0 Å². The number of hydrogen-bond donors (Lipinski definition) is 2. The first-order chi connectivity index (χ1) is 9.08. The van der Waals surface area contributed by atoms with Gasteiger partial charge in [0.25, 0.3) is 0 Å². The molecule has 0 radical (unpaired) electrons. The van der Waals surface area contributed by atoms with Gasteiger partial charge >= 0.3 is 0 Å². The maximum Gasteiger partial charge on any atom is 0.248 e. The second-order valence-corrected chi connectivity index (χ2v) is 4.05. The molecule has 2 rings (SSSR count). The van der Waals surface area contributed by atoms with Gasteiger partial charge in [0.15, 0.2) is 0 Å². The molecule has 1 heterocycles. The van der Waals surface area contributed by atoms with Crippen molar-refractivity contribution < 1.29 is 9.18 Å². The van der Waals surface area contributed by atoms with E-state index in [-0.39, 0.29) is 5.56 Å². The SMILES string of the molecule is Cc1c(F)cc(C(N)=O)cc1NCc1cnccn1. The molecule has 0 aliphatic heterocycles. The molecule has 19 heavy (non-hydrogen) atoms. The maximum absolute atomic E-state index is 13.7. The van der Waals surface area contributed by atoms with E-state index < -0.39 is 11.7 Å². The Morgan fingerprint density at radius 1 is 1.42 bits per heavy atom. The monoisotopic (exact) mass is 260 g/mol. The van der Waals surface area contributed by atoms with Crippen LogP contribution in [0.2, 0.25) is 0 Å². The van der Waals surface area contributed by atoms with Gasteiger partial charge in [0.05, 0.1) is 18.4 Å². The Balaban J connectivity index is 2.22. The molecule has 0 atom stereocenters. The lowest BCUT2D eigenvalue weighted by molar-refractivity contribution is 0.1000. The van der Waals surface area contributed by atoms with Crippen LogP contribution in [0.25, 0.3) is 0 Å². The van der Waals surface area contributed by atoms with Crippen LogP contribution in [0.5, 0.6) is 0 Å². The molecule has 0 aliphatic rings. The highest BCUT2D eigenvalue weighted by atomic mass is 19.1. The van der Waals surface area contributed by atoms with Gasteiger partial charge in [0, 0.05) is 29.2 Å². The Morgan fingerprint density at radius 3 is 2.84 bits per heavy atom. The van der Waals surface area contributed by atoms with Crippen molar-refractivity contribution in [1.82, 2.24) is 9.97 Å². The van der Waals surface area contributed by atoms with Crippen LogP contribution < -0.4 is 11.1 Å². The van der Waals surface area contributed by atoms with Crippen molar-refractivity contribution in [2.45, 2.75) is 13.5 Å². The second kappa shape index (κ2) is 5.43. The zero-order chi connectivity index (χ0) is 13.8. The van der Waals surface area contributed by atoms with E-state index in [1.165, 1.54) is 6.07 Å². The first-order valence-electron chi connectivity index (χ1n) is 5.66. The van der Waals surface area contributed by atoms with Gasteiger partial charge in [-0.15, -0.1) is 0 Å². The molecule has 1 aromatic carbocycles. The first-order valence-corrected chi connectivity index (χ1v) is 5.66. The molecule has 2 aromatic rings. The van der Waals surface area contributed by atoms with Crippen LogP contribution in [-0.2, 0) is 6.54 Å². The Morgan fingerprint density at radius 2 is 2.21 bits per heavy atom. The van der Waals surface area contributed by atoms with Crippen molar-refractivity contribution in [1.29, 1.82) is 0 Å². The zero-order valence-corrected chi connectivity index (χ0v) is 10.4. The summed E-state index contributed by atoms with van der Waals surface area (Å²) in [6.07, 6.45) is 4.75. The number of rotatable bonds is 4. The average Bonchev–Trinajstić information content (AvgIpc) is 2.41. The molecule has 98 valence electrons. The Bertz CT molecular complexity index is 601. The molecular formula is C13H13FN4O. The van der Waals surface area contributed by atoms with Gasteiger partial charge in [0.1, 0.15) is 5.82 Å². The van der Waals surface area contributed by atoms with Crippen molar-refractivity contribution in [2.75, 3.05) is 5.32 Å². The molecule has 6 heteroatoms. The molecule has 0 unspecified atom stereocenters. The summed E-state index contributed by atoms with van der Waals surface area (Å²) in [6, 6.07) is 2.66. The van der Waals surface area contributed by atoms with Gasteiger partial charge in [-0.2, -0.15) is 0 Å². The van der Waals surface area contributed by atoms with Crippen molar-refractivity contribution >= 4 is 11.6 Å². The number of amides is 1. The smallest absolute Gasteiger partial charge is 0.248 e. The Labute approximate surface area is 109 Å². The van der Waals surface area contributed by atoms with Crippen molar-refractivity contribution in [3.05, 3.63) is 53.4 Å². The van der Waals surface area contributed by atoms with E-state index in [2.05, 4.69) is 15.3 Å². The number of hydrogen-bond acceptors (Lipinski definition) is 4. The van der Waals surface area contributed by atoms with Gasteiger partial charge in [-0.25, -0.2) is 4.39 Å². The maximum atomic E-state index is 13.7. The minimum absolute atomic E-state index is 0.129. The molecule has 5 nitrogen and oxygen atoms in total. The third-order valence-electron chi connectivity index (χ3n) is 2.71. The third-order valence-corrected chi connectivity index (χ3v) is 2.71. The molecule has 3 N–H and O–H groups in total. The van der Waals surface area contributed by atoms with Gasteiger partial charge in [-0.05, 0) is 19.1 Å². The second-order valence-electron chi connectivity index (χ2n) is 4.05. The number of primary amides is 1. The molecular weight excluding hydrogens is 247 g/mol. The summed E-state index contributed by atoms with van der Waals surface area (Å²) in [5, 5.41) is 3.02. The van der Waals surface area contributed by atoms with Crippen LogP contribution in [0.15, 0.2) is 30.7 Å². The highest BCUT2D eigenvalue weighted by Crippen LogP contribution is 2.21. The van der Waals surface area contributed by atoms with Crippen LogP contribution >= 0.6 is 0 Å². The van der Waals surface area contributed by atoms with Crippen LogP contribution in [-0.4, -0.2) is 15.9 Å². The average molecular weight is 260 g/mol. The quantitative estimate of drug-likeness (QED) is 0.875. The lowest BCUT2D eigenvalue weighted by Crippen LogP contribution is -2.13. The van der Waals surface area contributed by atoms with E-state index in [0.717, 1.165) is 6.07 Å². The lowest BCUT2D eigenvalue weighted by Gasteiger charge is -2.11. The fourth-order valence-electron chi connectivity index (χ4n) is 1.61.